The highest BCUT2D eigenvalue weighted by atomic mass is 32.2. The van der Waals surface area contributed by atoms with E-state index in [4.69, 9.17) is 0 Å². The lowest BCUT2D eigenvalue weighted by Crippen LogP contribution is -2.36. The third kappa shape index (κ3) is 6.07. The van der Waals surface area contributed by atoms with E-state index in [2.05, 4.69) is 64.6 Å². The zero-order chi connectivity index (χ0) is 19.1. The van der Waals surface area contributed by atoms with Crippen molar-refractivity contribution in [2.24, 2.45) is 0 Å². The molecule has 0 bridgehead atoms. The summed E-state index contributed by atoms with van der Waals surface area (Å²) < 4.78 is 0. The van der Waals surface area contributed by atoms with E-state index in [1.807, 2.05) is 28.2 Å². The molecule has 0 aromatic heterocycles. The van der Waals surface area contributed by atoms with Crippen molar-refractivity contribution in [1.29, 1.82) is 0 Å². The van der Waals surface area contributed by atoms with E-state index in [0.717, 1.165) is 17.8 Å². The predicted molar refractivity (Wildman–Crippen MR) is 112 cm³/mol. The van der Waals surface area contributed by atoms with E-state index >= 15 is 0 Å². The summed E-state index contributed by atoms with van der Waals surface area (Å²) in [5.74, 6) is 0.130. The minimum Gasteiger partial charge on any atom is -0.378 e. The molecule has 0 aliphatic rings. The molecule has 0 radical (unpaired) electrons. The molecule has 5 heteroatoms. The van der Waals surface area contributed by atoms with Gasteiger partial charge in [-0.3, -0.25) is 9.69 Å². The van der Waals surface area contributed by atoms with Crippen molar-refractivity contribution in [3.05, 3.63) is 59.7 Å². The van der Waals surface area contributed by atoms with E-state index in [1.165, 1.54) is 10.5 Å². The molecular formula is C21H29N3OS. The number of hydrogen-bond acceptors (Lipinski definition) is 4. The summed E-state index contributed by atoms with van der Waals surface area (Å²) in [7, 11) is 7.90. The highest BCUT2D eigenvalue weighted by Crippen LogP contribution is 2.16. The van der Waals surface area contributed by atoms with Crippen LogP contribution in [-0.2, 0) is 17.9 Å². The van der Waals surface area contributed by atoms with Crippen molar-refractivity contribution >= 4 is 23.4 Å². The first-order chi connectivity index (χ1) is 12.4. The molecule has 26 heavy (non-hydrogen) atoms. The van der Waals surface area contributed by atoms with Gasteiger partial charge in [0.25, 0.3) is 0 Å². The van der Waals surface area contributed by atoms with Crippen molar-refractivity contribution in [2.75, 3.05) is 45.9 Å². The zero-order valence-corrected chi connectivity index (χ0v) is 17.2. The third-order valence-corrected chi connectivity index (χ3v) is 5.06. The minimum atomic E-state index is 0.130. The molecule has 2 aromatic carbocycles. The summed E-state index contributed by atoms with van der Waals surface area (Å²) >= 11 is 1.74. The summed E-state index contributed by atoms with van der Waals surface area (Å²) in [5, 5.41) is 0. The first-order valence-electron chi connectivity index (χ1n) is 8.70. The summed E-state index contributed by atoms with van der Waals surface area (Å²) in [4.78, 5) is 19.7. The van der Waals surface area contributed by atoms with E-state index < -0.39 is 0 Å². The van der Waals surface area contributed by atoms with Gasteiger partial charge in [0, 0.05) is 44.8 Å². The maximum Gasteiger partial charge on any atom is 0.236 e. The zero-order valence-electron chi connectivity index (χ0n) is 16.4. The fourth-order valence-electron chi connectivity index (χ4n) is 2.71. The number of anilines is 1. The Hall–Kier alpha value is -1.98. The second-order valence-electron chi connectivity index (χ2n) is 6.83. The maximum absolute atomic E-state index is 12.5. The van der Waals surface area contributed by atoms with Crippen LogP contribution >= 0.6 is 11.8 Å². The molecule has 0 spiro atoms. The van der Waals surface area contributed by atoms with Crippen LogP contribution in [0, 0.1) is 0 Å². The third-order valence-electron chi connectivity index (χ3n) is 4.31. The number of benzene rings is 2. The van der Waals surface area contributed by atoms with Crippen LogP contribution in [-0.4, -0.2) is 56.7 Å². The number of amides is 1. The van der Waals surface area contributed by atoms with Crippen LogP contribution in [0.4, 0.5) is 5.69 Å². The van der Waals surface area contributed by atoms with Gasteiger partial charge < -0.3 is 9.80 Å². The Morgan fingerprint density at radius 1 is 0.846 bits per heavy atom. The molecule has 0 atom stereocenters. The van der Waals surface area contributed by atoms with Gasteiger partial charge in [-0.25, -0.2) is 0 Å². The number of thioether (sulfide) groups is 1. The quantitative estimate of drug-likeness (QED) is 0.663. The molecule has 0 heterocycles. The van der Waals surface area contributed by atoms with Gasteiger partial charge in [0.2, 0.25) is 5.91 Å². The van der Waals surface area contributed by atoms with Crippen LogP contribution in [0.15, 0.2) is 53.4 Å². The van der Waals surface area contributed by atoms with Crippen molar-refractivity contribution in [3.8, 4) is 0 Å². The van der Waals surface area contributed by atoms with Gasteiger partial charge in [-0.05, 0) is 48.7 Å². The molecule has 1 amide bonds. The normalized spacial score (nSPS) is 10.8. The predicted octanol–water partition coefficient (Wildman–Crippen LogP) is 3.56. The Morgan fingerprint density at radius 3 is 1.92 bits per heavy atom. The van der Waals surface area contributed by atoms with Gasteiger partial charge in [-0.2, -0.15) is 0 Å². The summed E-state index contributed by atoms with van der Waals surface area (Å²) in [6.45, 7) is 1.81. The first kappa shape index (κ1) is 20.3. The Labute approximate surface area is 161 Å². The Balaban J connectivity index is 1.84. The highest BCUT2D eigenvalue weighted by molar-refractivity contribution is 7.98. The van der Waals surface area contributed by atoms with Crippen LogP contribution in [0.1, 0.15) is 11.1 Å². The molecule has 2 rings (SSSR count). The van der Waals surface area contributed by atoms with Gasteiger partial charge in [0.05, 0.1) is 6.54 Å². The van der Waals surface area contributed by atoms with Crippen molar-refractivity contribution in [2.45, 2.75) is 18.0 Å². The molecule has 0 saturated heterocycles. The monoisotopic (exact) mass is 371 g/mol. The van der Waals surface area contributed by atoms with Crippen molar-refractivity contribution in [3.63, 3.8) is 0 Å². The van der Waals surface area contributed by atoms with Crippen LogP contribution in [0.5, 0.6) is 0 Å². The average molecular weight is 372 g/mol. The van der Waals surface area contributed by atoms with Crippen LogP contribution in [0.2, 0.25) is 0 Å². The standard InChI is InChI=1S/C21H29N3OS/c1-22(2)19-10-6-18(7-11-19)15-24(4)21(25)16-23(3)14-17-8-12-20(26-5)13-9-17/h6-13H,14-16H2,1-5H3. The number of nitrogens with zero attached hydrogens (tertiary/aromatic N) is 3. The largest absolute Gasteiger partial charge is 0.378 e. The molecule has 4 nitrogen and oxygen atoms in total. The molecule has 0 unspecified atom stereocenters. The average Bonchev–Trinajstić information content (AvgIpc) is 2.62. The Bertz CT molecular complexity index is 698. The molecular weight excluding hydrogens is 342 g/mol. The van der Waals surface area contributed by atoms with Gasteiger partial charge in [-0.1, -0.05) is 24.3 Å². The number of likely N-dealkylation sites (N-methyl/N-ethyl adjacent to an activating group) is 2. The SMILES string of the molecule is CSc1ccc(CN(C)CC(=O)N(C)Cc2ccc(N(C)C)cc2)cc1. The summed E-state index contributed by atoms with van der Waals surface area (Å²) in [6, 6.07) is 16.8. The fourth-order valence-corrected chi connectivity index (χ4v) is 3.12. The highest BCUT2D eigenvalue weighted by Gasteiger charge is 2.12. The van der Waals surface area contributed by atoms with Gasteiger partial charge in [0.1, 0.15) is 0 Å². The van der Waals surface area contributed by atoms with Crippen LogP contribution in [0.3, 0.4) is 0 Å². The molecule has 0 N–H and O–H groups in total. The van der Waals surface area contributed by atoms with E-state index in [-0.39, 0.29) is 5.91 Å². The minimum absolute atomic E-state index is 0.130. The van der Waals surface area contributed by atoms with Gasteiger partial charge in [0.15, 0.2) is 0 Å². The lowest BCUT2D eigenvalue weighted by Gasteiger charge is -2.22. The second-order valence-corrected chi connectivity index (χ2v) is 7.71. The molecule has 0 aliphatic heterocycles. The van der Waals surface area contributed by atoms with E-state index in [9.17, 15) is 4.79 Å². The molecule has 140 valence electrons. The topological polar surface area (TPSA) is 26.8 Å². The number of hydrogen-bond donors (Lipinski definition) is 0. The molecule has 0 saturated carbocycles. The molecule has 0 aliphatic carbocycles. The number of carbonyl (C=O) groups excluding carboxylic acids is 1. The Kier molecular flexibility index (Phi) is 7.54. The van der Waals surface area contributed by atoms with Gasteiger partial charge in [-0.15, -0.1) is 11.8 Å². The summed E-state index contributed by atoms with van der Waals surface area (Å²) in [5.41, 5.74) is 3.52. The number of rotatable bonds is 8. The number of carbonyl (C=O) groups is 1. The fraction of sp³-hybridized carbons (Fsp3) is 0.381. The van der Waals surface area contributed by atoms with Crippen molar-refractivity contribution in [1.82, 2.24) is 9.80 Å². The molecule has 2 aromatic rings. The maximum atomic E-state index is 12.5. The second kappa shape index (κ2) is 9.64. The summed E-state index contributed by atoms with van der Waals surface area (Å²) in [6.07, 6.45) is 2.07. The Morgan fingerprint density at radius 2 is 1.38 bits per heavy atom. The lowest BCUT2D eigenvalue weighted by atomic mass is 10.2. The smallest absolute Gasteiger partial charge is 0.236 e. The van der Waals surface area contributed by atoms with Crippen LogP contribution in [0.25, 0.3) is 0 Å². The first-order valence-corrected chi connectivity index (χ1v) is 9.93. The lowest BCUT2D eigenvalue weighted by molar-refractivity contribution is -0.131. The van der Waals surface area contributed by atoms with E-state index in [1.54, 1.807) is 16.7 Å². The van der Waals surface area contributed by atoms with E-state index in [0.29, 0.717) is 13.1 Å². The van der Waals surface area contributed by atoms with Crippen molar-refractivity contribution < 1.29 is 4.79 Å². The van der Waals surface area contributed by atoms with Crippen LogP contribution < -0.4 is 4.90 Å². The van der Waals surface area contributed by atoms with Gasteiger partial charge >= 0.3 is 0 Å². The molecule has 0 fully saturated rings.